The minimum absolute atomic E-state index is 0.0799. The number of terminal acetylenes is 1. The molecule has 13 heteroatoms. The van der Waals surface area contributed by atoms with Crippen molar-refractivity contribution in [2.75, 3.05) is 39.3 Å². The summed E-state index contributed by atoms with van der Waals surface area (Å²) in [7, 11) is 0. The van der Waals surface area contributed by atoms with Gasteiger partial charge in [0, 0.05) is 75.0 Å². The van der Waals surface area contributed by atoms with Crippen LogP contribution >= 0.6 is 15.9 Å². The van der Waals surface area contributed by atoms with Gasteiger partial charge in [0.15, 0.2) is 0 Å². The molecule has 8 rings (SSSR count). The van der Waals surface area contributed by atoms with E-state index in [0.29, 0.717) is 38.8 Å². The summed E-state index contributed by atoms with van der Waals surface area (Å²) in [6, 6.07) is 35.0. The van der Waals surface area contributed by atoms with Crippen molar-refractivity contribution in [2.24, 2.45) is 10.8 Å². The topological polar surface area (TPSA) is 140 Å². The lowest BCUT2D eigenvalue weighted by Gasteiger charge is -2.45. The van der Waals surface area contributed by atoms with Gasteiger partial charge >= 0.3 is 12.2 Å². The van der Waals surface area contributed by atoms with Gasteiger partial charge in [0.1, 0.15) is 22.0 Å². The zero-order valence-corrected chi connectivity index (χ0v) is 47.2. The number of likely N-dealkylation sites (tertiary alicyclic amines) is 2. The molecule has 12 nitrogen and oxygen atoms in total. The van der Waals surface area contributed by atoms with E-state index in [1.165, 1.54) is 0 Å². The average molecular weight is 1090 g/mol. The molecule has 0 radical (unpaired) electrons. The Labute approximate surface area is 454 Å². The van der Waals surface area contributed by atoms with E-state index in [1.54, 1.807) is 56.2 Å². The predicted octanol–water partition coefficient (Wildman–Crippen LogP) is 11.5. The Morgan fingerprint density at radius 2 is 0.973 bits per heavy atom. The molecule has 0 saturated carbocycles. The molecule has 0 aliphatic carbocycles. The van der Waals surface area contributed by atoms with E-state index in [0.717, 1.165) is 71.3 Å². The fraction of sp³-hybridized carbons (Fsp3) is 0.484. The second kappa shape index (κ2) is 23.8. The molecule has 4 aromatic rings. The number of nitrogens with zero attached hydrogens (tertiary/aromatic N) is 4. The maximum atomic E-state index is 13.3. The van der Waals surface area contributed by atoms with Crippen LogP contribution in [0.5, 0.6) is 0 Å². The first kappa shape index (κ1) is 58.1. The first-order chi connectivity index (χ1) is 35.2. The van der Waals surface area contributed by atoms with Crippen molar-refractivity contribution in [1.29, 1.82) is 0 Å². The van der Waals surface area contributed by atoms with Crippen LogP contribution in [0.15, 0.2) is 114 Å². The van der Waals surface area contributed by atoms with E-state index >= 15 is 0 Å². The van der Waals surface area contributed by atoms with Crippen molar-refractivity contribution in [2.45, 2.75) is 142 Å². The van der Waals surface area contributed by atoms with E-state index in [2.05, 4.69) is 33.7 Å². The van der Waals surface area contributed by atoms with Crippen molar-refractivity contribution in [3.05, 3.63) is 141 Å². The number of hydrogen-bond donors (Lipinski definition) is 2. The molecule has 0 aromatic heterocycles. The molecular weight excluding hydrogens is 1010 g/mol. The van der Waals surface area contributed by atoms with Crippen LogP contribution in [0.3, 0.4) is 0 Å². The van der Waals surface area contributed by atoms with E-state index < -0.39 is 33.2 Å². The molecule has 0 bridgehead atoms. The predicted molar refractivity (Wildman–Crippen MR) is 297 cm³/mol. The highest BCUT2D eigenvalue weighted by Gasteiger charge is 2.48. The van der Waals surface area contributed by atoms with E-state index in [4.69, 9.17) is 15.9 Å². The van der Waals surface area contributed by atoms with Gasteiger partial charge in [0.05, 0.1) is 23.3 Å². The summed E-state index contributed by atoms with van der Waals surface area (Å²) >= 11 is 3.44. The molecule has 4 heterocycles. The normalized spacial score (nSPS) is 20.6. The van der Waals surface area contributed by atoms with Crippen molar-refractivity contribution in [3.8, 4) is 24.2 Å². The van der Waals surface area contributed by atoms with Crippen molar-refractivity contribution in [1.82, 2.24) is 19.6 Å². The summed E-state index contributed by atoms with van der Waals surface area (Å²) in [6.45, 7) is 22.8. The van der Waals surface area contributed by atoms with Gasteiger partial charge in [0.25, 0.3) is 0 Å². The van der Waals surface area contributed by atoms with E-state index in [-0.39, 0.29) is 36.1 Å². The molecule has 4 atom stereocenters. The first-order valence-corrected chi connectivity index (χ1v) is 27.0. The van der Waals surface area contributed by atoms with Crippen molar-refractivity contribution < 1.29 is 38.9 Å². The van der Waals surface area contributed by atoms with Crippen LogP contribution in [0, 0.1) is 35.0 Å². The molecular formula is C62H77BrN4O8. The van der Waals surface area contributed by atoms with Gasteiger partial charge in [-0.15, -0.1) is 6.42 Å². The second-order valence-corrected chi connectivity index (χ2v) is 23.7. The number of hydrogen-bond acceptors (Lipinski definition) is 8. The standard InChI is InChI=1S/C31H38N2O4.C22H26BrNO3.C9H13NO/c1-23(25-14-12-24(13-15-25)16-17-29(2,3)27(34)32-19-9-20-32)33-21-18-31(37-28(33)35,22-30(4,5)36)26-10-7-6-8-11-26;1-16(17-9-11-19(23)12-10-17)24-14-13-22(27-20(24)25,15-21(2,3)26)18-7-5-4-6-8-18;1-4-9(2,3)8(11)10-6-5-7-10/h6-8,10-15,23,36H,9,18-22H2,1-5H3;4-12,16,26H,13-15H2,1-3H3;1H,5-7H2,2-3H3/t23-,31-;16-,22-;/m00./s1. The van der Waals surface area contributed by atoms with Crippen LogP contribution in [-0.2, 0) is 30.3 Å². The van der Waals surface area contributed by atoms with Crippen LogP contribution in [0.2, 0.25) is 0 Å². The molecule has 4 aromatic carbocycles. The third-order valence-electron chi connectivity index (χ3n) is 14.5. The third kappa shape index (κ3) is 14.8. The van der Waals surface area contributed by atoms with Crippen LogP contribution in [0.25, 0.3) is 0 Å². The maximum Gasteiger partial charge on any atom is 0.411 e. The van der Waals surface area contributed by atoms with Gasteiger partial charge in [-0.05, 0) is 129 Å². The lowest BCUT2D eigenvalue weighted by Crippen LogP contribution is -2.51. The molecule has 0 unspecified atom stereocenters. The number of carbonyl (C=O) groups excluding carboxylic acids is 4. The van der Waals surface area contributed by atoms with Gasteiger partial charge in [-0.3, -0.25) is 9.59 Å². The smallest absolute Gasteiger partial charge is 0.411 e. The number of amides is 4. The van der Waals surface area contributed by atoms with E-state index in [1.807, 2.05) is 142 Å². The minimum Gasteiger partial charge on any atom is -0.438 e. The minimum atomic E-state index is -0.991. The number of carbonyl (C=O) groups is 4. The summed E-state index contributed by atoms with van der Waals surface area (Å²) < 4.78 is 13.2. The van der Waals surface area contributed by atoms with E-state index in [9.17, 15) is 29.4 Å². The summed E-state index contributed by atoms with van der Waals surface area (Å²) in [5.74, 6) is 8.96. The molecule has 2 N–H and O–H groups in total. The van der Waals surface area contributed by atoms with Crippen molar-refractivity contribution in [3.63, 3.8) is 0 Å². The second-order valence-electron chi connectivity index (χ2n) is 22.8. The highest BCUT2D eigenvalue weighted by atomic mass is 79.9. The summed E-state index contributed by atoms with van der Waals surface area (Å²) in [5.41, 5.74) is -0.261. The van der Waals surface area contributed by atoms with Gasteiger partial charge in [-0.2, -0.15) is 0 Å². The summed E-state index contributed by atoms with van der Waals surface area (Å²) in [4.78, 5) is 57.4. The Morgan fingerprint density at radius 3 is 1.31 bits per heavy atom. The SMILES string of the molecule is C#CC(C)(C)C(=O)N1CCC1.C[C@@H](c1ccc(Br)cc1)N1CC[C@](CC(C)(C)O)(c2ccccc2)OC1=O.C[C@@H](c1ccc(C#CC(C)(C)C(=O)N2CCC2)cc1)N1CC[C@](CC(C)(C)O)(c2ccccc2)OC1=O. The molecule has 4 saturated heterocycles. The number of ether oxygens (including phenoxy) is 2. The van der Waals surface area contributed by atoms with Gasteiger partial charge in [-0.25, -0.2) is 9.59 Å². The quantitative estimate of drug-likeness (QED) is 0.134. The first-order valence-electron chi connectivity index (χ1n) is 26.2. The number of halogens is 1. The van der Waals surface area contributed by atoms with Crippen LogP contribution in [0.1, 0.15) is 148 Å². The highest BCUT2D eigenvalue weighted by Crippen LogP contribution is 2.44. The zero-order chi connectivity index (χ0) is 55.0. The molecule has 400 valence electrons. The average Bonchev–Trinajstić information content (AvgIpc) is 3.32. The molecule has 4 fully saturated rings. The van der Waals surface area contributed by atoms with Gasteiger partial charge in [0.2, 0.25) is 11.8 Å². The summed E-state index contributed by atoms with van der Waals surface area (Å²) in [5, 5.41) is 21.0. The van der Waals surface area contributed by atoms with Crippen LogP contribution in [-0.4, -0.2) is 104 Å². The van der Waals surface area contributed by atoms with Gasteiger partial charge in [-0.1, -0.05) is 119 Å². The molecule has 4 aliphatic rings. The number of rotatable bonds is 12. The van der Waals surface area contributed by atoms with Crippen LogP contribution < -0.4 is 0 Å². The number of cyclic esters (lactones) is 2. The number of aliphatic hydroxyl groups is 2. The Balaban J connectivity index is 0.000000209. The Bertz CT molecular complexity index is 2710. The van der Waals surface area contributed by atoms with Crippen molar-refractivity contribution >= 4 is 39.9 Å². The Morgan fingerprint density at radius 1 is 0.600 bits per heavy atom. The molecule has 4 aliphatic heterocycles. The molecule has 4 amide bonds. The highest BCUT2D eigenvalue weighted by molar-refractivity contribution is 9.10. The number of benzene rings is 4. The largest absolute Gasteiger partial charge is 0.438 e. The Hall–Kier alpha value is -6.12. The Kier molecular flexibility index (Phi) is 18.5. The fourth-order valence-corrected chi connectivity index (χ4v) is 10.2. The van der Waals surface area contributed by atoms with Crippen LogP contribution in [0.4, 0.5) is 9.59 Å². The monoisotopic (exact) mass is 1080 g/mol. The zero-order valence-electron chi connectivity index (χ0n) is 45.6. The lowest BCUT2D eigenvalue weighted by atomic mass is 9.80. The van der Waals surface area contributed by atoms with Gasteiger partial charge < -0.3 is 39.3 Å². The molecule has 75 heavy (non-hydrogen) atoms. The summed E-state index contributed by atoms with van der Waals surface area (Å²) in [6.07, 6.45) is 8.57. The molecule has 0 spiro atoms. The fourth-order valence-electron chi connectivity index (χ4n) is 9.90. The maximum absolute atomic E-state index is 13.3. The lowest BCUT2D eigenvalue weighted by molar-refractivity contribution is -0.141. The third-order valence-corrected chi connectivity index (χ3v) is 15.0.